The third kappa shape index (κ3) is 6.49. The quantitative estimate of drug-likeness (QED) is 0.546. The van der Waals surface area contributed by atoms with Crippen LogP contribution in [0.4, 0.5) is 0 Å². The Bertz CT molecular complexity index is 157. The van der Waals surface area contributed by atoms with Crippen LogP contribution < -0.4 is 5.32 Å². The first-order chi connectivity index (χ1) is 7.88. The molecule has 96 valence electrons. The molecule has 1 unspecified atom stereocenters. The minimum Gasteiger partial charge on any atom is -0.382 e. The van der Waals surface area contributed by atoms with Gasteiger partial charge in [0.1, 0.15) is 0 Å². The molecule has 0 radical (unpaired) electrons. The van der Waals surface area contributed by atoms with Gasteiger partial charge in [-0.25, -0.2) is 0 Å². The molecule has 1 aliphatic rings. The Labute approximate surface area is 101 Å². The van der Waals surface area contributed by atoms with Crippen molar-refractivity contribution in [2.75, 3.05) is 19.8 Å². The molecular formula is C14H29NO. The molecule has 0 bridgehead atoms. The van der Waals surface area contributed by atoms with E-state index in [4.69, 9.17) is 4.74 Å². The molecule has 2 nitrogen and oxygen atoms in total. The zero-order chi connectivity index (χ0) is 11.6. The number of nitrogens with one attached hydrogen (secondary N) is 1. The maximum Gasteiger partial charge on any atom is 0.0465 e. The second-order valence-electron chi connectivity index (χ2n) is 4.94. The summed E-state index contributed by atoms with van der Waals surface area (Å²) in [6.45, 7) is 7.33. The summed E-state index contributed by atoms with van der Waals surface area (Å²) in [5.74, 6) is 0.999. The predicted octanol–water partition coefficient (Wildman–Crippen LogP) is 3.36. The highest BCUT2D eigenvalue weighted by atomic mass is 16.5. The van der Waals surface area contributed by atoms with Gasteiger partial charge < -0.3 is 10.1 Å². The average Bonchev–Trinajstić information content (AvgIpc) is 3.11. The minimum atomic E-state index is 0.812. The molecule has 1 N–H and O–H groups in total. The third-order valence-electron chi connectivity index (χ3n) is 3.36. The summed E-state index contributed by atoms with van der Waals surface area (Å²) < 4.78 is 5.35. The predicted molar refractivity (Wildman–Crippen MR) is 69.8 cm³/mol. The standard InChI is InChI=1S/C14H29NO/c1-3-11-15-14(13-9-10-13)8-6-5-7-12-16-4-2/h13-15H,3-12H2,1-2H3. The Morgan fingerprint density at radius 1 is 1.19 bits per heavy atom. The maximum atomic E-state index is 5.35. The molecule has 0 amide bonds. The van der Waals surface area contributed by atoms with Crippen molar-refractivity contribution in [3.05, 3.63) is 0 Å². The van der Waals surface area contributed by atoms with Crippen molar-refractivity contribution in [3.63, 3.8) is 0 Å². The van der Waals surface area contributed by atoms with E-state index in [1.807, 2.05) is 0 Å². The normalized spacial score (nSPS) is 17.6. The van der Waals surface area contributed by atoms with Crippen LogP contribution >= 0.6 is 0 Å². The zero-order valence-corrected chi connectivity index (χ0v) is 11.1. The molecule has 1 fully saturated rings. The second-order valence-corrected chi connectivity index (χ2v) is 4.94. The molecule has 1 saturated carbocycles. The van der Waals surface area contributed by atoms with Crippen LogP contribution in [0.3, 0.4) is 0 Å². The number of hydrogen-bond donors (Lipinski definition) is 1. The monoisotopic (exact) mass is 227 g/mol. The molecule has 0 heterocycles. The first-order valence-corrected chi connectivity index (χ1v) is 7.19. The molecule has 0 spiro atoms. The fraction of sp³-hybridized carbons (Fsp3) is 1.00. The van der Waals surface area contributed by atoms with Crippen molar-refractivity contribution in [1.82, 2.24) is 5.32 Å². The third-order valence-corrected chi connectivity index (χ3v) is 3.36. The van der Waals surface area contributed by atoms with Crippen LogP contribution in [-0.4, -0.2) is 25.8 Å². The van der Waals surface area contributed by atoms with Gasteiger partial charge in [-0.3, -0.25) is 0 Å². The van der Waals surface area contributed by atoms with Crippen LogP contribution in [0.15, 0.2) is 0 Å². The fourth-order valence-corrected chi connectivity index (χ4v) is 2.22. The Balaban J connectivity index is 1.95. The molecular weight excluding hydrogens is 198 g/mol. The number of unbranched alkanes of at least 4 members (excludes halogenated alkanes) is 2. The van der Waals surface area contributed by atoms with Crippen molar-refractivity contribution >= 4 is 0 Å². The van der Waals surface area contributed by atoms with E-state index < -0.39 is 0 Å². The lowest BCUT2D eigenvalue weighted by Gasteiger charge is -2.17. The summed E-state index contributed by atoms with van der Waals surface area (Å²) in [7, 11) is 0. The van der Waals surface area contributed by atoms with Crippen molar-refractivity contribution in [2.45, 2.75) is 64.8 Å². The van der Waals surface area contributed by atoms with E-state index in [-0.39, 0.29) is 0 Å². The number of ether oxygens (including phenoxy) is 1. The SMILES string of the molecule is CCCNC(CCCCCOCC)C1CC1. The highest BCUT2D eigenvalue weighted by Gasteiger charge is 2.29. The molecule has 1 atom stereocenters. The summed E-state index contributed by atoms with van der Waals surface area (Å²) >= 11 is 0. The van der Waals surface area contributed by atoms with Gasteiger partial charge in [0.15, 0.2) is 0 Å². The van der Waals surface area contributed by atoms with Crippen LogP contribution in [0.2, 0.25) is 0 Å². The van der Waals surface area contributed by atoms with Crippen molar-refractivity contribution < 1.29 is 4.74 Å². The fourth-order valence-electron chi connectivity index (χ4n) is 2.22. The van der Waals surface area contributed by atoms with Gasteiger partial charge in [-0.05, 0) is 51.5 Å². The van der Waals surface area contributed by atoms with E-state index in [1.54, 1.807) is 0 Å². The second kappa shape index (κ2) is 9.00. The van der Waals surface area contributed by atoms with E-state index in [0.29, 0.717) is 0 Å². The summed E-state index contributed by atoms with van der Waals surface area (Å²) in [4.78, 5) is 0. The lowest BCUT2D eigenvalue weighted by atomic mass is 10.0. The Morgan fingerprint density at radius 2 is 2.00 bits per heavy atom. The molecule has 0 saturated heterocycles. The average molecular weight is 227 g/mol. The first-order valence-electron chi connectivity index (χ1n) is 7.19. The van der Waals surface area contributed by atoms with Gasteiger partial charge in [0.25, 0.3) is 0 Å². The topological polar surface area (TPSA) is 21.3 Å². The molecule has 0 aromatic carbocycles. The van der Waals surface area contributed by atoms with Crippen LogP contribution in [0.1, 0.15) is 58.8 Å². The first kappa shape index (κ1) is 14.0. The van der Waals surface area contributed by atoms with Crippen LogP contribution in [0, 0.1) is 5.92 Å². The summed E-state index contributed by atoms with van der Waals surface area (Å²) in [6, 6.07) is 0.812. The number of rotatable bonds is 11. The van der Waals surface area contributed by atoms with Gasteiger partial charge in [0.2, 0.25) is 0 Å². The summed E-state index contributed by atoms with van der Waals surface area (Å²) in [5.41, 5.74) is 0. The van der Waals surface area contributed by atoms with Crippen LogP contribution in [0.5, 0.6) is 0 Å². The van der Waals surface area contributed by atoms with Gasteiger partial charge in [0, 0.05) is 19.3 Å². The van der Waals surface area contributed by atoms with E-state index >= 15 is 0 Å². The Kier molecular flexibility index (Phi) is 7.87. The molecule has 1 aliphatic carbocycles. The largest absolute Gasteiger partial charge is 0.382 e. The maximum absolute atomic E-state index is 5.35. The smallest absolute Gasteiger partial charge is 0.0465 e. The molecule has 0 aliphatic heterocycles. The van der Waals surface area contributed by atoms with Gasteiger partial charge in [-0.2, -0.15) is 0 Å². The van der Waals surface area contributed by atoms with Crippen LogP contribution in [-0.2, 0) is 4.74 Å². The van der Waals surface area contributed by atoms with Crippen molar-refractivity contribution in [3.8, 4) is 0 Å². The number of hydrogen-bond acceptors (Lipinski definition) is 2. The molecule has 0 aromatic rings. The minimum absolute atomic E-state index is 0.812. The van der Waals surface area contributed by atoms with E-state index in [2.05, 4.69) is 19.2 Å². The Morgan fingerprint density at radius 3 is 2.62 bits per heavy atom. The van der Waals surface area contributed by atoms with Gasteiger partial charge in [-0.1, -0.05) is 19.8 Å². The zero-order valence-electron chi connectivity index (χ0n) is 11.1. The van der Waals surface area contributed by atoms with Crippen LogP contribution in [0.25, 0.3) is 0 Å². The van der Waals surface area contributed by atoms with E-state index in [0.717, 1.165) is 25.2 Å². The van der Waals surface area contributed by atoms with Gasteiger partial charge in [-0.15, -0.1) is 0 Å². The molecule has 0 aromatic heterocycles. The van der Waals surface area contributed by atoms with E-state index in [9.17, 15) is 0 Å². The van der Waals surface area contributed by atoms with Gasteiger partial charge >= 0.3 is 0 Å². The molecule has 2 heteroatoms. The lowest BCUT2D eigenvalue weighted by molar-refractivity contribution is 0.142. The summed E-state index contributed by atoms with van der Waals surface area (Å²) in [6.07, 6.45) is 9.48. The molecule has 16 heavy (non-hydrogen) atoms. The van der Waals surface area contributed by atoms with Gasteiger partial charge in [0.05, 0.1) is 0 Å². The van der Waals surface area contributed by atoms with Crippen molar-refractivity contribution in [2.24, 2.45) is 5.92 Å². The molecule has 1 rings (SSSR count). The highest BCUT2D eigenvalue weighted by Crippen LogP contribution is 2.34. The van der Waals surface area contributed by atoms with Crippen molar-refractivity contribution in [1.29, 1.82) is 0 Å². The Hall–Kier alpha value is -0.0800. The summed E-state index contributed by atoms with van der Waals surface area (Å²) in [5, 5.41) is 3.70. The highest BCUT2D eigenvalue weighted by molar-refractivity contribution is 4.86. The van der Waals surface area contributed by atoms with E-state index in [1.165, 1.54) is 51.5 Å². The lowest BCUT2D eigenvalue weighted by Crippen LogP contribution is -2.31.